The molecule has 0 aliphatic carbocycles. The standard InChI is InChI=1S/C27H22F4N6O/c1-15(2)37-14-18(13-33-37)24-16(3)12-32-26(35-24)34-20-5-7-23-17(10-20)8-9-36(23)25(38)21-11-19(27(29,30)31)4-6-22(21)28/h4-15H,1-3H3,(H,32,34,35). The Bertz CT molecular complexity index is 1670. The summed E-state index contributed by atoms with van der Waals surface area (Å²) in [6, 6.07) is 8.63. The maximum Gasteiger partial charge on any atom is 0.416 e. The second-order valence-electron chi connectivity index (χ2n) is 9.11. The summed E-state index contributed by atoms with van der Waals surface area (Å²) in [5.74, 6) is -1.59. The predicted molar refractivity (Wildman–Crippen MR) is 135 cm³/mol. The van der Waals surface area contributed by atoms with Crippen molar-refractivity contribution in [1.29, 1.82) is 0 Å². The lowest BCUT2D eigenvalue weighted by molar-refractivity contribution is -0.137. The molecule has 0 spiro atoms. The van der Waals surface area contributed by atoms with Gasteiger partial charge < -0.3 is 5.32 Å². The van der Waals surface area contributed by atoms with Crippen LogP contribution in [-0.4, -0.2) is 30.2 Å². The Balaban J connectivity index is 1.43. The fraction of sp³-hybridized carbons (Fsp3) is 0.185. The number of alkyl halides is 3. The molecule has 2 aromatic carbocycles. The van der Waals surface area contributed by atoms with Crippen molar-refractivity contribution in [2.75, 3.05) is 5.32 Å². The highest BCUT2D eigenvalue weighted by molar-refractivity contribution is 6.03. The van der Waals surface area contributed by atoms with Crippen molar-refractivity contribution in [2.45, 2.75) is 33.0 Å². The molecule has 5 rings (SSSR count). The summed E-state index contributed by atoms with van der Waals surface area (Å²) in [6.45, 7) is 5.97. The van der Waals surface area contributed by atoms with Crippen LogP contribution >= 0.6 is 0 Å². The number of fused-ring (bicyclic) bond motifs is 1. The van der Waals surface area contributed by atoms with Crippen LogP contribution < -0.4 is 5.32 Å². The Labute approximate surface area is 214 Å². The van der Waals surface area contributed by atoms with Crippen LogP contribution in [0.15, 0.2) is 67.3 Å². The van der Waals surface area contributed by atoms with Crippen LogP contribution in [0.25, 0.3) is 22.2 Å². The van der Waals surface area contributed by atoms with Crippen LogP contribution in [0.3, 0.4) is 0 Å². The van der Waals surface area contributed by atoms with Gasteiger partial charge in [-0.2, -0.15) is 18.3 Å². The molecule has 0 radical (unpaired) electrons. The maximum absolute atomic E-state index is 14.3. The predicted octanol–water partition coefficient (Wildman–Crippen LogP) is 6.77. The van der Waals surface area contributed by atoms with Crippen molar-refractivity contribution in [1.82, 2.24) is 24.3 Å². The van der Waals surface area contributed by atoms with Crippen molar-refractivity contribution >= 4 is 28.4 Å². The summed E-state index contributed by atoms with van der Waals surface area (Å²) >= 11 is 0. The van der Waals surface area contributed by atoms with Crippen LogP contribution in [0.4, 0.5) is 29.2 Å². The lowest BCUT2D eigenvalue weighted by Gasteiger charge is -2.11. The summed E-state index contributed by atoms with van der Waals surface area (Å²) in [5, 5.41) is 8.12. The van der Waals surface area contributed by atoms with Gasteiger partial charge in [0.2, 0.25) is 5.95 Å². The molecule has 0 unspecified atom stereocenters. The van der Waals surface area contributed by atoms with E-state index in [0.717, 1.165) is 21.4 Å². The van der Waals surface area contributed by atoms with Gasteiger partial charge in [-0.05, 0) is 68.8 Å². The van der Waals surface area contributed by atoms with E-state index < -0.39 is 29.0 Å². The number of hydrogen-bond donors (Lipinski definition) is 1. The van der Waals surface area contributed by atoms with Gasteiger partial charge in [-0.15, -0.1) is 0 Å². The summed E-state index contributed by atoms with van der Waals surface area (Å²) in [4.78, 5) is 21.9. The molecule has 194 valence electrons. The first-order valence-corrected chi connectivity index (χ1v) is 11.7. The SMILES string of the molecule is Cc1cnc(Nc2ccc3c(ccn3C(=O)c3cc(C(F)(F)F)ccc3F)c2)nc1-c1cnn(C(C)C)c1. The number of nitrogens with one attached hydrogen (secondary N) is 1. The quantitative estimate of drug-likeness (QED) is 0.258. The first-order chi connectivity index (χ1) is 18.0. The Hall–Kier alpha value is -4.54. The molecule has 7 nitrogen and oxygen atoms in total. The lowest BCUT2D eigenvalue weighted by Crippen LogP contribution is -2.15. The minimum atomic E-state index is -4.70. The van der Waals surface area contributed by atoms with Crippen molar-refractivity contribution in [3.05, 3.63) is 89.8 Å². The monoisotopic (exact) mass is 522 g/mol. The molecule has 11 heteroatoms. The highest BCUT2D eigenvalue weighted by Crippen LogP contribution is 2.31. The van der Waals surface area contributed by atoms with Gasteiger partial charge in [-0.3, -0.25) is 14.0 Å². The maximum atomic E-state index is 14.3. The average molecular weight is 523 g/mol. The normalized spacial score (nSPS) is 11.9. The summed E-state index contributed by atoms with van der Waals surface area (Å²) in [6.07, 6.45) is 2.06. The van der Waals surface area contributed by atoms with Gasteiger partial charge in [-0.1, -0.05) is 0 Å². The number of rotatable bonds is 5. The number of hydrogen-bond acceptors (Lipinski definition) is 5. The van der Waals surface area contributed by atoms with E-state index in [2.05, 4.69) is 20.4 Å². The number of carbonyl (C=O) groups excluding carboxylic acids is 1. The first kappa shape index (κ1) is 25.1. The number of anilines is 2. The van der Waals surface area contributed by atoms with Crippen LogP contribution in [0.5, 0.6) is 0 Å². The number of halogens is 4. The molecule has 1 N–H and O–H groups in total. The van der Waals surface area contributed by atoms with E-state index in [1.54, 1.807) is 36.7 Å². The molecule has 0 aliphatic heterocycles. The number of carbonyl (C=O) groups is 1. The molecule has 3 aromatic heterocycles. The van der Waals surface area contributed by atoms with Gasteiger partial charge in [0.1, 0.15) is 5.82 Å². The number of aryl methyl sites for hydroxylation is 1. The van der Waals surface area contributed by atoms with E-state index >= 15 is 0 Å². The third kappa shape index (κ3) is 4.74. The molecular formula is C27H22F4N6O. The zero-order valence-corrected chi connectivity index (χ0v) is 20.6. The molecule has 0 saturated carbocycles. The molecule has 5 aromatic rings. The average Bonchev–Trinajstić information content (AvgIpc) is 3.52. The minimum absolute atomic E-state index is 0.208. The number of nitrogens with zero attached hydrogens (tertiary/aromatic N) is 5. The zero-order chi connectivity index (χ0) is 27.2. The summed E-state index contributed by atoms with van der Waals surface area (Å²) in [5.41, 5.74) is 1.74. The van der Waals surface area contributed by atoms with Crippen molar-refractivity contribution < 1.29 is 22.4 Å². The minimum Gasteiger partial charge on any atom is -0.324 e. The Morgan fingerprint density at radius 2 is 1.84 bits per heavy atom. The van der Waals surface area contributed by atoms with Gasteiger partial charge in [0.25, 0.3) is 5.91 Å². The molecule has 0 atom stereocenters. The molecule has 0 bridgehead atoms. The molecule has 0 fully saturated rings. The fourth-order valence-corrected chi connectivity index (χ4v) is 4.06. The van der Waals surface area contributed by atoms with E-state index in [1.165, 1.54) is 6.20 Å². The third-order valence-corrected chi connectivity index (χ3v) is 6.07. The van der Waals surface area contributed by atoms with E-state index in [-0.39, 0.29) is 6.04 Å². The third-order valence-electron chi connectivity index (χ3n) is 6.07. The first-order valence-electron chi connectivity index (χ1n) is 11.7. The van der Waals surface area contributed by atoms with E-state index in [0.29, 0.717) is 40.7 Å². The second-order valence-corrected chi connectivity index (χ2v) is 9.11. The van der Waals surface area contributed by atoms with Gasteiger partial charge in [0, 0.05) is 41.3 Å². The number of benzene rings is 2. The molecule has 38 heavy (non-hydrogen) atoms. The largest absolute Gasteiger partial charge is 0.416 e. The summed E-state index contributed by atoms with van der Waals surface area (Å²) in [7, 11) is 0. The van der Waals surface area contributed by atoms with Crippen molar-refractivity contribution in [3.8, 4) is 11.3 Å². The van der Waals surface area contributed by atoms with Crippen molar-refractivity contribution in [2.24, 2.45) is 0 Å². The molecule has 0 saturated heterocycles. The smallest absolute Gasteiger partial charge is 0.324 e. The molecular weight excluding hydrogens is 500 g/mol. The highest BCUT2D eigenvalue weighted by atomic mass is 19.4. The molecule has 0 amide bonds. The Morgan fingerprint density at radius 3 is 2.55 bits per heavy atom. The molecule has 3 heterocycles. The zero-order valence-electron chi connectivity index (χ0n) is 20.6. The lowest BCUT2D eigenvalue weighted by atomic mass is 10.1. The topological polar surface area (TPSA) is 77.6 Å². The van der Waals surface area contributed by atoms with E-state index in [4.69, 9.17) is 0 Å². The highest BCUT2D eigenvalue weighted by Gasteiger charge is 2.32. The van der Waals surface area contributed by atoms with Gasteiger partial charge in [0.15, 0.2) is 0 Å². The van der Waals surface area contributed by atoms with Gasteiger partial charge in [0.05, 0.1) is 28.5 Å². The van der Waals surface area contributed by atoms with Gasteiger partial charge >= 0.3 is 6.18 Å². The van der Waals surface area contributed by atoms with Crippen LogP contribution in [0.2, 0.25) is 0 Å². The second kappa shape index (κ2) is 9.40. The number of aromatic nitrogens is 5. The summed E-state index contributed by atoms with van der Waals surface area (Å²) < 4.78 is 56.5. The molecule has 0 aliphatic rings. The fourth-order valence-electron chi connectivity index (χ4n) is 4.06. The van der Waals surface area contributed by atoms with E-state index in [9.17, 15) is 22.4 Å². The van der Waals surface area contributed by atoms with E-state index in [1.807, 2.05) is 31.6 Å². The van der Waals surface area contributed by atoms with Crippen LogP contribution in [0, 0.1) is 12.7 Å². The van der Waals surface area contributed by atoms with Crippen LogP contribution in [0.1, 0.15) is 41.4 Å². The Morgan fingerprint density at radius 1 is 1.05 bits per heavy atom. The van der Waals surface area contributed by atoms with Crippen molar-refractivity contribution in [3.63, 3.8) is 0 Å². The van der Waals surface area contributed by atoms with Gasteiger partial charge in [-0.25, -0.2) is 14.4 Å². The van der Waals surface area contributed by atoms with Crippen LogP contribution in [-0.2, 0) is 6.18 Å². The Kier molecular flexibility index (Phi) is 6.22.